The smallest absolute Gasteiger partial charge is 0.215 e. The highest BCUT2D eigenvalue weighted by molar-refractivity contribution is 4.68. The topological polar surface area (TPSA) is 38.9 Å². The Balaban J connectivity index is 2.84. The molecular weight excluding hydrogens is 92.1 g/mol. The summed E-state index contributed by atoms with van der Waals surface area (Å²) in [5.74, 6) is 0.523. The molecule has 0 bridgehead atoms. The van der Waals surface area contributed by atoms with Crippen LogP contribution in [0.5, 0.6) is 0 Å². The van der Waals surface area contributed by atoms with Crippen LogP contribution in [0.15, 0.2) is 10.8 Å². The van der Waals surface area contributed by atoms with Crippen LogP contribution in [-0.2, 0) is 6.42 Å². The molecule has 1 aromatic rings. The van der Waals surface area contributed by atoms with Crippen molar-refractivity contribution in [2.75, 3.05) is 0 Å². The van der Waals surface area contributed by atoms with E-state index < -0.39 is 0 Å². The zero-order valence-corrected chi connectivity index (χ0v) is 4.01. The molecule has 0 aliphatic rings. The number of hydrogen-bond acceptors (Lipinski definition) is 3. The largest absolute Gasteiger partial charge is 0.428 e. The summed E-state index contributed by atoms with van der Waals surface area (Å²) in [5, 5.41) is 6.87. The average molecular weight is 99.1 g/mol. The van der Waals surface area contributed by atoms with Gasteiger partial charge >= 0.3 is 0 Å². The Morgan fingerprint density at radius 3 is 3.29 bits per heavy atom. The molecule has 0 unspecified atom stereocenters. The first kappa shape index (κ1) is 3.18. The standard InChI is InChI=1S/C4H6N2O/c1-2-4-6-5-3-7-4/h3H,2H2,1H3/i3D. The van der Waals surface area contributed by atoms with Gasteiger partial charge in [0.1, 0.15) is 1.37 Å². The minimum absolute atomic E-state index is 0.109. The number of aryl methyl sites for hydroxylation is 1. The molecule has 3 nitrogen and oxygen atoms in total. The number of aromatic nitrogens is 2. The van der Waals surface area contributed by atoms with Crippen LogP contribution in [0.1, 0.15) is 14.2 Å². The summed E-state index contributed by atoms with van der Waals surface area (Å²) in [6, 6.07) is 0. The molecule has 38 valence electrons. The van der Waals surface area contributed by atoms with Crippen LogP contribution >= 0.6 is 0 Å². The van der Waals surface area contributed by atoms with Gasteiger partial charge in [0.15, 0.2) is 0 Å². The molecule has 0 fully saturated rings. The zero-order valence-electron chi connectivity index (χ0n) is 5.01. The molecule has 1 aromatic heterocycles. The Morgan fingerprint density at radius 2 is 3.00 bits per heavy atom. The fraction of sp³-hybridized carbons (Fsp3) is 0.500. The van der Waals surface area contributed by atoms with Crippen molar-refractivity contribution in [1.82, 2.24) is 10.2 Å². The lowest BCUT2D eigenvalue weighted by Crippen LogP contribution is -1.75. The van der Waals surface area contributed by atoms with Crippen LogP contribution in [-0.4, -0.2) is 10.2 Å². The highest BCUT2D eigenvalue weighted by atomic mass is 16.4. The minimum atomic E-state index is -0.109. The second kappa shape index (κ2) is 1.73. The van der Waals surface area contributed by atoms with Crippen LogP contribution < -0.4 is 0 Å². The zero-order chi connectivity index (χ0) is 5.98. The molecule has 0 N–H and O–H groups in total. The molecule has 7 heavy (non-hydrogen) atoms. The van der Waals surface area contributed by atoms with Gasteiger partial charge in [-0.2, -0.15) is 0 Å². The van der Waals surface area contributed by atoms with E-state index in [0.29, 0.717) is 12.3 Å². The molecule has 0 saturated heterocycles. The Morgan fingerprint density at radius 1 is 2.14 bits per heavy atom. The molecule has 0 spiro atoms. The van der Waals surface area contributed by atoms with Crippen LogP contribution in [0.3, 0.4) is 0 Å². The van der Waals surface area contributed by atoms with Crippen LogP contribution in [0.2, 0.25) is 0 Å². The third-order valence-corrected chi connectivity index (χ3v) is 0.668. The molecule has 0 amide bonds. The van der Waals surface area contributed by atoms with Gasteiger partial charge in [-0.3, -0.25) is 0 Å². The van der Waals surface area contributed by atoms with E-state index >= 15 is 0 Å². The average Bonchev–Trinajstić information content (AvgIpc) is 2.14. The van der Waals surface area contributed by atoms with Crippen LogP contribution in [0.25, 0.3) is 0 Å². The molecule has 0 aliphatic heterocycles. The van der Waals surface area contributed by atoms with Gasteiger partial charge in [-0.05, 0) is 0 Å². The molecular formula is C4H6N2O. The molecule has 0 radical (unpaired) electrons. The lowest BCUT2D eigenvalue weighted by atomic mass is 10.5. The molecule has 1 heterocycles. The number of nitrogens with zero attached hydrogens (tertiary/aromatic N) is 2. The van der Waals surface area contributed by atoms with E-state index in [1.54, 1.807) is 0 Å². The van der Waals surface area contributed by atoms with E-state index in [1.165, 1.54) is 0 Å². The second-order valence-electron chi connectivity index (χ2n) is 1.14. The lowest BCUT2D eigenvalue weighted by Gasteiger charge is -1.74. The van der Waals surface area contributed by atoms with Gasteiger partial charge in [0.2, 0.25) is 12.3 Å². The van der Waals surface area contributed by atoms with Crippen molar-refractivity contribution in [3.63, 3.8) is 0 Å². The van der Waals surface area contributed by atoms with E-state index in [9.17, 15) is 0 Å². The quantitative estimate of drug-likeness (QED) is 0.518. The van der Waals surface area contributed by atoms with Crippen LogP contribution in [0, 0.1) is 0 Å². The van der Waals surface area contributed by atoms with E-state index in [4.69, 9.17) is 1.37 Å². The third-order valence-electron chi connectivity index (χ3n) is 0.668. The number of rotatable bonds is 1. The molecule has 0 saturated carbocycles. The summed E-state index contributed by atoms with van der Waals surface area (Å²) in [5.41, 5.74) is 0. The Labute approximate surface area is 42.8 Å². The number of hydrogen-bond donors (Lipinski definition) is 0. The van der Waals surface area contributed by atoms with E-state index in [-0.39, 0.29) is 6.37 Å². The molecule has 0 aromatic carbocycles. The first-order chi connectivity index (χ1) is 3.83. The van der Waals surface area contributed by atoms with E-state index in [2.05, 4.69) is 14.6 Å². The maximum absolute atomic E-state index is 6.78. The maximum atomic E-state index is 6.78. The van der Waals surface area contributed by atoms with Crippen molar-refractivity contribution in [2.24, 2.45) is 0 Å². The summed E-state index contributed by atoms with van der Waals surface area (Å²) in [6.45, 7) is 1.90. The second-order valence-corrected chi connectivity index (χ2v) is 1.14. The van der Waals surface area contributed by atoms with Crippen molar-refractivity contribution < 1.29 is 5.79 Å². The third kappa shape index (κ3) is 0.765. The summed E-state index contributed by atoms with van der Waals surface area (Å²) < 4.78 is 11.5. The van der Waals surface area contributed by atoms with Gasteiger partial charge in [-0.15, -0.1) is 10.2 Å². The monoisotopic (exact) mass is 99.1 g/mol. The van der Waals surface area contributed by atoms with Gasteiger partial charge in [-0.1, -0.05) is 6.92 Å². The highest BCUT2D eigenvalue weighted by Crippen LogP contribution is 1.88. The van der Waals surface area contributed by atoms with Crippen LogP contribution in [0.4, 0.5) is 0 Å². The van der Waals surface area contributed by atoms with Crippen molar-refractivity contribution in [2.45, 2.75) is 13.3 Å². The fourth-order valence-corrected chi connectivity index (χ4v) is 0.313. The van der Waals surface area contributed by atoms with Gasteiger partial charge < -0.3 is 4.42 Å². The molecule has 1 rings (SSSR count). The highest BCUT2D eigenvalue weighted by Gasteiger charge is 1.88. The van der Waals surface area contributed by atoms with E-state index in [1.807, 2.05) is 6.92 Å². The normalized spacial score (nSPS) is 11.3. The molecule has 0 atom stereocenters. The summed E-state index contributed by atoms with van der Waals surface area (Å²) in [7, 11) is 0. The first-order valence-corrected chi connectivity index (χ1v) is 2.12. The molecule has 3 heteroatoms. The maximum Gasteiger partial charge on any atom is 0.215 e. The fourth-order valence-electron chi connectivity index (χ4n) is 0.313. The van der Waals surface area contributed by atoms with Gasteiger partial charge in [0.05, 0.1) is 0 Å². The SMILES string of the molecule is [2H]c1nnc(CC)o1. The summed E-state index contributed by atoms with van der Waals surface area (Å²) in [6.07, 6.45) is 0.591. The predicted octanol–water partition coefficient (Wildman–Crippen LogP) is 0.632. The summed E-state index contributed by atoms with van der Waals surface area (Å²) >= 11 is 0. The van der Waals surface area contributed by atoms with Crippen molar-refractivity contribution in [1.29, 1.82) is 0 Å². The van der Waals surface area contributed by atoms with Gasteiger partial charge in [0.25, 0.3) is 0 Å². The minimum Gasteiger partial charge on any atom is -0.428 e. The van der Waals surface area contributed by atoms with Crippen molar-refractivity contribution in [3.05, 3.63) is 12.3 Å². The lowest BCUT2D eigenvalue weighted by molar-refractivity contribution is 0.500. The van der Waals surface area contributed by atoms with Gasteiger partial charge in [-0.25, -0.2) is 0 Å². The Bertz CT molecular complexity index is 174. The molecule has 0 aliphatic carbocycles. The van der Waals surface area contributed by atoms with Crippen molar-refractivity contribution in [3.8, 4) is 0 Å². The summed E-state index contributed by atoms with van der Waals surface area (Å²) in [4.78, 5) is 0. The first-order valence-electron chi connectivity index (χ1n) is 2.62. The predicted molar refractivity (Wildman–Crippen MR) is 23.7 cm³/mol. The van der Waals surface area contributed by atoms with Gasteiger partial charge in [0, 0.05) is 6.42 Å². The Kier molecular flexibility index (Phi) is 0.786. The van der Waals surface area contributed by atoms with E-state index in [0.717, 1.165) is 0 Å². The van der Waals surface area contributed by atoms with Crippen molar-refractivity contribution >= 4 is 0 Å². The Hall–Kier alpha value is -0.860.